The summed E-state index contributed by atoms with van der Waals surface area (Å²) >= 11 is 0. The molecule has 0 aromatic heterocycles. The van der Waals surface area contributed by atoms with Gasteiger partial charge < -0.3 is 24.4 Å². The van der Waals surface area contributed by atoms with Gasteiger partial charge in [0.2, 0.25) is 0 Å². The fraction of sp³-hybridized carbons (Fsp3) is 0.250. The van der Waals surface area contributed by atoms with Crippen molar-refractivity contribution in [2.75, 3.05) is 33.8 Å². The molecule has 7 heteroatoms. The number of ether oxygens (including phenoxy) is 2. The van der Waals surface area contributed by atoms with Gasteiger partial charge in [-0.3, -0.25) is 9.59 Å². The second-order valence-electron chi connectivity index (χ2n) is 9.72. The number of Topliss-reactive ketones (excluding diaryl/α,β-unsaturated/α-hetero) is 1. The molecule has 3 aromatic rings. The van der Waals surface area contributed by atoms with E-state index in [1.54, 1.807) is 29.2 Å². The van der Waals surface area contributed by atoms with E-state index in [1.165, 1.54) is 0 Å². The molecule has 1 amide bonds. The van der Waals surface area contributed by atoms with Crippen LogP contribution in [0.15, 0.2) is 91.0 Å². The second kappa shape index (κ2) is 12.5. The van der Waals surface area contributed by atoms with Crippen LogP contribution >= 0.6 is 0 Å². The number of aliphatic hydroxyl groups is 1. The zero-order chi connectivity index (χ0) is 27.9. The van der Waals surface area contributed by atoms with E-state index in [1.807, 2.05) is 80.5 Å². The van der Waals surface area contributed by atoms with Crippen molar-refractivity contribution in [3.05, 3.63) is 108 Å². The van der Waals surface area contributed by atoms with Crippen molar-refractivity contribution in [3.8, 4) is 17.2 Å². The van der Waals surface area contributed by atoms with Crippen LogP contribution in [0.4, 0.5) is 0 Å². The van der Waals surface area contributed by atoms with E-state index in [9.17, 15) is 14.7 Å². The first kappa shape index (κ1) is 27.7. The van der Waals surface area contributed by atoms with Crippen molar-refractivity contribution in [3.63, 3.8) is 0 Å². The lowest BCUT2D eigenvalue weighted by Gasteiger charge is -2.26. The molecule has 0 unspecified atom stereocenters. The van der Waals surface area contributed by atoms with Crippen LogP contribution in [0.3, 0.4) is 0 Å². The van der Waals surface area contributed by atoms with Gasteiger partial charge in [0.25, 0.3) is 11.7 Å². The van der Waals surface area contributed by atoms with Crippen molar-refractivity contribution in [1.29, 1.82) is 0 Å². The minimum Gasteiger partial charge on any atom is -0.507 e. The zero-order valence-corrected chi connectivity index (χ0v) is 22.6. The Labute approximate surface area is 229 Å². The Kier molecular flexibility index (Phi) is 8.84. The van der Waals surface area contributed by atoms with E-state index in [0.717, 1.165) is 12.1 Å². The second-order valence-corrected chi connectivity index (χ2v) is 9.72. The highest BCUT2D eigenvalue weighted by Gasteiger charge is 2.46. The highest BCUT2D eigenvalue weighted by Crippen LogP contribution is 2.41. The first-order valence-electron chi connectivity index (χ1n) is 12.9. The maximum Gasteiger partial charge on any atom is 0.295 e. The lowest BCUT2D eigenvalue weighted by molar-refractivity contribution is -0.139. The van der Waals surface area contributed by atoms with E-state index in [0.29, 0.717) is 47.9 Å². The van der Waals surface area contributed by atoms with Crippen LogP contribution in [0, 0.1) is 6.92 Å². The summed E-state index contributed by atoms with van der Waals surface area (Å²) in [7, 11) is 3.92. The number of amides is 1. The number of hydrogen-bond donors (Lipinski definition) is 1. The van der Waals surface area contributed by atoms with Crippen LogP contribution in [-0.2, 0) is 9.59 Å². The average molecular weight is 527 g/mol. The summed E-state index contributed by atoms with van der Waals surface area (Å²) in [5.41, 5.74) is 1.96. The fourth-order valence-corrected chi connectivity index (χ4v) is 4.65. The van der Waals surface area contributed by atoms with Gasteiger partial charge in [0.1, 0.15) is 29.6 Å². The van der Waals surface area contributed by atoms with Crippen LogP contribution in [0.25, 0.3) is 5.76 Å². The van der Waals surface area contributed by atoms with Crippen LogP contribution in [-0.4, -0.2) is 60.4 Å². The molecule has 0 radical (unpaired) electrons. The Balaban J connectivity index is 1.76. The first-order valence-corrected chi connectivity index (χ1v) is 12.9. The number of ketones is 1. The standard InChI is InChI=1S/C32H34N2O5/c1-5-19-38-27-16-15-24(20-22(27)2)30(35)28-29(34(32(37)31(28)36)18-10-17-33(3)4)23-11-9-14-26(21-23)39-25-12-7-6-8-13-25/h5-9,11-16,20-21,29,35H,1,10,17-19H2,2-4H3/t29-/m1/s1. The maximum atomic E-state index is 13.4. The number of carbonyl (C=O) groups is 2. The smallest absolute Gasteiger partial charge is 0.295 e. The lowest BCUT2D eigenvalue weighted by Crippen LogP contribution is -2.32. The van der Waals surface area contributed by atoms with Crippen molar-refractivity contribution >= 4 is 17.4 Å². The van der Waals surface area contributed by atoms with E-state index in [4.69, 9.17) is 9.47 Å². The fourth-order valence-electron chi connectivity index (χ4n) is 4.65. The molecule has 0 saturated carbocycles. The van der Waals surface area contributed by atoms with Crippen molar-refractivity contribution in [1.82, 2.24) is 9.80 Å². The Morgan fingerprint density at radius 3 is 2.46 bits per heavy atom. The minimum atomic E-state index is -0.761. The Hall–Kier alpha value is -4.36. The molecule has 7 nitrogen and oxygen atoms in total. The molecule has 3 aromatic carbocycles. The van der Waals surface area contributed by atoms with Gasteiger partial charge >= 0.3 is 0 Å². The number of aryl methyl sites for hydroxylation is 1. The SMILES string of the molecule is C=CCOc1ccc(C(O)=C2C(=O)C(=O)N(CCCN(C)C)[C@@H]2c2cccc(Oc3ccccc3)c2)cc1C. The molecule has 39 heavy (non-hydrogen) atoms. The molecule has 1 N–H and O–H groups in total. The highest BCUT2D eigenvalue weighted by molar-refractivity contribution is 6.46. The van der Waals surface area contributed by atoms with E-state index in [-0.39, 0.29) is 11.3 Å². The Morgan fingerprint density at radius 2 is 1.77 bits per heavy atom. The third-order valence-electron chi connectivity index (χ3n) is 6.50. The number of aliphatic hydroxyl groups excluding tert-OH is 1. The number of carbonyl (C=O) groups excluding carboxylic acids is 2. The molecule has 1 fully saturated rings. The average Bonchev–Trinajstić information content (AvgIpc) is 3.17. The normalized spacial score (nSPS) is 16.5. The number of nitrogens with zero attached hydrogens (tertiary/aromatic N) is 2. The number of benzene rings is 3. The third-order valence-corrected chi connectivity index (χ3v) is 6.50. The van der Waals surface area contributed by atoms with E-state index >= 15 is 0 Å². The van der Waals surface area contributed by atoms with Crippen molar-refractivity contribution in [2.45, 2.75) is 19.4 Å². The maximum absolute atomic E-state index is 13.4. The van der Waals surface area contributed by atoms with Gasteiger partial charge in [-0.1, -0.05) is 43.0 Å². The zero-order valence-electron chi connectivity index (χ0n) is 22.6. The summed E-state index contributed by atoms with van der Waals surface area (Å²) in [4.78, 5) is 30.3. The van der Waals surface area contributed by atoms with Gasteiger partial charge in [0.05, 0.1) is 11.6 Å². The van der Waals surface area contributed by atoms with Gasteiger partial charge in [-0.15, -0.1) is 0 Å². The molecule has 0 spiro atoms. The summed E-state index contributed by atoms with van der Waals surface area (Å²) in [6, 6.07) is 21.1. The van der Waals surface area contributed by atoms with Crippen molar-refractivity contribution in [2.24, 2.45) is 0 Å². The molecular formula is C32H34N2O5. The van der Waals surface area contributed by atoms with Gasteiger partial charge in [-0.2, -0.15) is 0 Å². The molecule has 1 aliphatic heterocycles. The molecule has 1 aliphatic rings. The summed E-state index contributed by atoms with van der Waals surface area (Å²) < 4.78 is 11.7. The molecule has 202 valence electrons. The van der Waals surface area contributed by atoms with Crippen molar-refractivity contribution < 1.29 is 24.2 Å². The van der Waals surface area contributed by atoms with Crippen LogP contribution < -0.4 is 9.47 Å². The topological polar surface area (TPSA) is 79.3 Å². The largest absolute Gasteiger partial charge is 0.507 e. The monoisotopic (exact) mass is 526 g/mol. The summed E-state index contributed by atoms with van der Waals surface area (Å²) in [6.45, 7) is 6.99. The van der Waals surface area contributed by atoms with Crippen LogP contribution in [0.2, 0.25) is 0 Å². The van der Waals surface area contributed by atoms with Crippen LogP contribution in [0.5, 0.6) is 17.2 Å². The number of likely N-dealkylation sites (tertiary alicyclic amines) is 1. The van der Waals surface area contributed by atoms with Gasteiger partial charge in [0.15, 0.2) is 0 Å². The molecule has 1 saturated heterocycles. The number of rotatable bonds is 11. The summed E-state index contributed by atoms with van der Waals surface area (Å²) in [6.07, 6.45) is 2.33. The van der Waals surface area contributed by atoms with Gasteiger partial charge in [0, 0.05) is 12.1 Å². The first-order chi connectivity index (χ1) is 18.8. The number of para-hydroxylation sites is 1. The molecule has 1 heterocycles. The summed E-state index contributed by atoms with van der Waals surface area (Å²) in [5, 5.41) is 11.5. The predicted octanol–water partition coefficient (Wildman–Crippen LogP) is 5.73. The Bertz CT molecular complexity index is 1380. The quantitative estimate of drug-likeness (QED) is 0.149. The molecule has 0 aliphatic carbocycles. The molecule has 4 rings (SSSR count). The van der Waals surface area contributed by atoms with Crippen LogP contribution in [0.1, 0.15) is 29.2 Å². The van der Waals surface area contributed by atoms with Gasteiger partial charge in [-0.25, -0.2) is 0 Å². The molecule has 1 atom stereocenters. The third kappa shape index (κ3) is 6.38. The molecular weight excluding hydrogens is 492 g/mol. The van der Waals surface area contributed by atoms with Gasteiger partial charge in [-0.05, 0) is 87.6 Å². The van der Waals surface area contributed by atoms with E-state index < -0.39 is 17.7 Å². The Morgan fingerprint density at radius 1 is 1.03 bits per heavy atom. The molecule has 0 bridgehead atoms. The summed E-state index contributed by atoms with van der Waals surface area (Å²) in [5.74, 6) is 0.332. The number of hydrogen-bond acceptors (Lipinski definition) is 6. The minimum absolute atomic E-state index is 0.0564. The van der Waals surface area contributed by atoms with E-state index in [2.05, 4.69) is 6.58 Å². The highest BCUT2D eigenvalue weighted by atomic mass is 16.5. The lowest BCUT2D eigenvalue weighted by atomic mass is 9.94. The predicted molar refractivity (Wildman–Crippen MR) is 152 cm³/mol.